The summed E-state index contributed by atoms with van der Waals surface area (Å²) in [4.78, 5) is 0.680. The van der Waals surface area contributed by atoms with Gasteiger partial charge in [-0.1, -0.05) is 54.2 Å². The molecule has 0 fully saturated rings. The zero-order chi connectivity index (χ0) is 11.5. The molecule has 0 aliphatic rings. The molecule has 2 heteroatoms. The standard InChI is InChI=1S/C14H11FS/c1-10-5-7-11(8-6-10)14(16)12-3-2-4-13(15)9-12/h2-9H,1H3. The van der Waals surface area contributed by atoms with Crippen LogP contribution >= 0.6 is 12.2 Å². The van der Waals surface area contributed by atoms with Gasteiger partial charge in [0.05, 0.1) is 4.86 Å². The maximum atomic E-state index is 13.0. The highest BCUT2D eigenvalue weighted by Crippen LogP contribution is 2.13. The topological polar surface area (TPSA) is 0 Å². The van der Waals surface area contributed by atoms with E-state index >= 15 is 0 Å². The molecule has 0 bridgehead atoms. The first-order chi connectivity index (χ1) is 7.66. The number of hydrogen-bond acceptors (Lipinski definition) is 1. The minimum absolute atomic E-state index is 0.257. The highest BCUT2D eigenvalue weighted by atomic mass is 32.1. The van der Waals surface area contributed by atoms with Crippen LogP contribution < -0.4 is 0 Å². The molecule has 0 saturated heterocycles. The van der Waals surface area contributed by atoms with Crippen LogP contribution in [-0.2, 0) is 0 Å². The average molecular weight is 230 g/mol. The maximum absolute atomic E-state index is 13.0. The molecule has 0 unspecified atom stereocenters. The van der Waals surface area contributed by atoms with Gasteiger partial charge in [0.2, 0.25) is 0 Å². The predicted octanol–water partition coefficient (Wildman–Crippen LogP) is 3.90. The van der Waals surface area contributed by atoms with Crippen molar-refractivity contribution in [2.45, 2.75) is 6.92 Å². The fraction of sp³-hybridized carbons (Fsp3) is 0.0714. The van der Waals surface area contributed by atoms with Crippen molar-refractivity contribution in [1.29, 1.82) is 0 Å². The highest BCUT2D eigenvalue weighted by Gasteiger charge is 2.04. The Labute approximate surface area is 99.7 Å². The molecular formula is C14H11FS. The van der Waals surface area contributed by atoms with E-state index in [1.165, 1.54) is 17.7 Å². The Morgan fingerprint density at radius 3 is 2.31 bits per heavy atom. The number of benzene rings is 2. The van der Waals surface area contributed by atoms with Gasteiger partial charge in [0.15, 0.2) is 0 Å². The molecule has 2 aromatic rings. The monoisotopic (exact) mass is 230 g/mol. The van der Waals surface area contributed by atoms with Crippen LogP contribution in [0, 0.1) is 12.7 Å². The smallest absolute Gasteiger partial charge is 0.123 e. The van der Waals surface area contributed by atoms with E-state index in [1.807, 2.05) is 37.3 Å². The van der Waals surface area contributed by atoms with Gasteiger partial charge < -0.3 is 0 Å². The van der Waals surface area contributed by atoms with E-state index in [0.717, 1.165) is 11.1 Å². The molecule has 2 aromatic carbocycles. The van der Waals surface area contributed by atoms with Crippen LogP contribution in [-0.4, -0.2) is 4.86 Å². The molecular weight excluding hydrogens is 219 g/mol. The second-order valence-corrected chi connectivity index (χ2v) is 4.11. The third-order valence-corrected chi connectivity index (χ3v) is 2.87. The Morgan fingerprint density at radius 1 is 1.00 bits per heavy atom. The molecule has 0 radical (unpaired) electrons. The molecule has 0 amide bonds. The molecule has 0 aliphatic heterocycles. The fourth-order valence-electron chi connectivity index (χ4n) is 1.50. The van der Waals surface area contributed by atoms with E-state index in [4.69, 9.17) is 12.2 Å². The number of halogens is 1. The Kier molecular flexibility index (Phi) is 3.11. The van der Waals surface area contributed by atoms with Crippen LogP contribution in [0.25, 0.3) is 0 Å². The second kappa shape index (κ2) is 4.54. The van der Waals surface area contributed by atoms with Crippen molar-refractivity contribution >= 4 is 17.1 Å². The molecule has 0 nitrogen and oxygen atoms in total. The minimum atomic E-state index is -0.257. The second-order valence-electron chi connectivity index (χ2n) is 3.71. The first-order valence-electron chi connectivity index (χ1n) is 5.04. The molecule has 0 atom stereocenters. The van der Waals surface area contributed by atoms with Gasteiger partial charge in [0.1, 0.15) is 5.82 Å². The SMILES string of the molecule is Cc1ccc(C(=S)c2cccc(F)c2)cc1. The Balaban J connectivity index is 2.35. The van der Waals surface area contributed by atoms with Crippen molar-refractivity contribution in [3.63, 3.8) is 0 Å². The van der Waals surface area contributed by atoms with E-state index in [1.54, 1.807) is 6.07 Å². The summed E-state index contributed by atoms with van der Waals surface area (Å²) in [5, 5.41) is 0. The lowest BCUT2D eigenvalue weighted by Crippen LogP contribution is -1.99. The van der Waals surface area contributed by atoms with Gasteiger partial charge in [-0.2, -0.15) is 0 Å². The quantitative estimate of drug-likeness (QED) is 0.557. The third-order valence-electron chi connectivity index (χ3n) is 2.40. The summed E-state index contributed by atoms with van der Waals surface area (Å²) in [6, 6.07) is 14.3. The van der Waals surface area contributed by atoms with Crippen molar-refractivity contribution in [3.05, 3.63) is 71.0 Å². The van der Waals surface area contributed by atoms with Crippen molar-refractivity contribution in [2.75, 3.05) is 0 Å². The van der Waals surface area contributed by atoms with E-state index in [9.17, 15) is 4.39 Å². The van der Waals surface area contributed by atoms with Gasteiger partial charge in [-0.05, 0) is 30.2 Å². The van der Waals surface area contributed by atoms with Crippen LogP contribution in [0.3, 0.4) is 0 Å². The van der Waals surface area contributed by atoms with Crippen molar-refractivity contribution < 1.29 is 4.39 Å². The summed E-state index contributed by atoms with van der Waals surface area (Å²) in [5.74, 6) is -0.257. The Morgan fingerprint density at radius 2 is 1.69 bits per heavy atom. The first kappa shape index (κ1) is 11.0. The normalized spacial score (nSPS) is 10.1. The van der Waals surface area contributed by atoms with Gasteiger partial charge >= 0.3 is 0 Å². The molecule has 80 valence electrons. The van der Waals surface area contributed by atoms with Crippen molar-refractivity contribution in [3.8, 4) is 0 Å². The average Bonchev–Trinajstić information content (AvgIpc) is 2.29. The van der Waals surface area contributed by atoms with Crippen LogP contribution in [0.15, 0.2) is 48.5 Å². The lowest BCUT2D eigenvalue weighted by Gasteiger charge is -2.04. The molecule has 0 aromatic heterocycles. The summed E-state index contributed by atoms with van der Waals surface area (Å²) >= 11 is 5.32. The van der Waals surface area contributed by atoms with Gasteiger partial charge in [0.25, 0.3) is 0 Å². The van der Waals surface area contributed by atoms with Crippen LogP contribution in [0.1, 0.15) is 16.7 Å². The fourth-order valence-corrected chi connectivity index (χ4v) is 1.76. The van der Waals surface area contributed by atoms with E-state index in [-0.39, 0.29) is 5.82 Å². The highest BCUT2D eigenvalue weighted by molar-refractivity contribution is 7.81. The number of hydrogen-bond donors (Lipinski definition) is 0. The summed E-state index contributed by atoms with van der Waals surface area (Å²) in [6.07, 6.45) is 0. The Bertz CT molecular complexity index is 515. The molecule has 0 heterocycles. The van der Waals surface area contributed by atoms with E-state index < -0.39 is 0 Å². The zero-order valence-electron chi connectivity index (χ0n) is 8.91. The van der Waals surface area contributed by atoms with Gasteiger partial charge in [0, 0.05) is 0 Å². The molecule has 16 heavy (non-hydrogen) atoms. The van der Waals surface area contributed by atoms with E-state index in [2.05, 4.69) is 0 Å². The lowest BCUT2D eigenvalue weighted by molar-refractivity contribution is 0.627. The van der Waals surface area contributed by atoms with Crippen molar-refractivity contribution in [1.82, 2.24) is 0 Å². The zero-order valence-corrected chi connectivity index (χ0v) is 9.72. The predicted molar refractivity (Wildman–Crippen MR) is 68.4 cm³/mol. The van der Waals surface area contributed by atoms with Crippen molar-refractivity contribution in [2.24, 2.45) is 0 Å². The summed E-state index contributed by atoms with van der Waals surface area (Å²) in [5.41, 5.74) is 2.89. The number of rotatable bonds is 2. The Hall–Kier alpha value is -1.54. The van der Waals surface area contributed by atoms with Crippen LogP contribution in [0.5, 0.6) is 0 Å². The number of aryl methyl sites for hydroxylation is 1. The molecule has 2 rings (SSSR count). The van der Waals surface area contributed by atoms with E-state index in [0.29, 0.717) is 4.86 Å². The lowest BCUT2D eigenvalue weighted by atomic mass is 10.0. The first-order valence-corrected chi connectivity index (χ1v) is 5.44. The van der Waals surface area contributed by atoms with Gasteiger partial charge in [-0.25, -0.2) is 4.39 Å². The van der Waals surface area contributed by atoms with Crippen LogP contribution in [0.2, 0.25) is 0 Å². The molecule has 0 spiro atoms. The van der Waals surface area contributed by atoms with Crippen LogP contribution in [0.4, 0.5) is 4.39 Å². The van der Waals surface area contributed by atoms with Gasteiger partial charge in [-0.15, -0.1) is 0 Å². The molecule has 0 aliphatic carbocycles. The molecule has 0 N–H and O–H groups in total. The summed E-state index contributed by atoms with van der Waals surface area (Å²) < 4.78 is 13.0. The third kappa shape index (κ3) is 2.34. The summed E-state index contributed by atoms with van der Waals surface area (Å²) in [6.45, 7) is 2.02. The summed E-state index contributed by atoms with van der Waals surface area (Å²) in [7, 11) is 0. The maximum Gasteiger partial charge on any atom is 0.123 e. The molecule has 0 saturated carbocycles. The largest absolute Gasteiger partial charge is 0.207 e. The minimum Gasteiger partial charge on any atom is -0.207 e. The number of thiocarbonyl (C=S) groups is 1. The van der Waals surface area contributed by atoms with Gasteiger partial charge in [-0.3, -0.25) is 0 Å².